The Labute approximate surface area is 126 Å². The Morgan fingerprint density at radius 3 is 2.76 bits per heavy atom. The van der Waals surface area contributed by atoms with Crippen molar-refractivity contribution in [2.45, 2.75) is 6.04 Å². The maximum absolute atomic E-state index is 14.2. The lowest BCUT2D eigenvalue weighted by atomic mass is 9.94. The fraction of sp³-hybridized carbons (Fsp3) is 0.0625. The van der Waals surface area contributed by atoms with E-state index in [-0.39, 0.29) is 0 Å². The Balaban J connectivity index is 2.18. The minimum absolute atomic E-state index is 0.356. The maximum atomic E-state index is 14.2. The van der Waals surface area contributed by atoms with Crippen LogP contribution in [0.4, 0.5) is 4.39 Å². The second-order valence-corrected chi connectivity index (χ2v) is 5.15. The molecule has 3 nitrogen and oxygen atoms in total. The van der Waals surface area contributed by atoms with Crippen molar-refractivity contribution in [2.75, 3.05) is 0 Å². The van der Waals surface area contributed by atoms with Crippen LogP contribution in [0.25, 0.3) is 10.8 Å². The van der Waals surface area contributed by atoms with E-state index in [9.17, 15) is 4.39 Å². The number of hydrazine groups is 1. The molecule has 0 saturated carbocycles. The van der Waals surface area contributed by atoms with Gasteiger partial charge in [-0.05, 0) is 29.1 Å². The van der Waals surface area contributed by atoms with Crippen LogP contribution in [0.15, 0.2) is 54.9 Å². The highest BCUT2D eigenvalue weighted by molar-refractivity contribution is 6.30. The van der Waals surface area contributed by atoms with Crippen molar-refractivity contribution >= 4 is 22.4 Å². The molecular formula is C16H13ClFN3. The molecule has 1 heterocycles. The SMILES string of the molecule is NNC(c1ccc(Cl)cc1F)c1cccc2cnccc12. The van der Waals surface area contributed by atoms with Gasteiger partial charge in [0.15, 0.2) is 0 Å². The second-order valence-electron chi connectivity index (χ2n) is 4.71. The summed E-state index contributed by atoms with van der Waals surface area (Å²) in [7, 11) is 0. The molecule has 1 atom stereocenters. The molecule has 0 fully saturated rings. The summed E-state index contributed by atoms with van der Waals surface area (Å²) in [5.41, 5.74) is 4.02. The Morgan fingerprint density at radius 2 is 2.00 bits per heavy atom. The summed E-state index contributed by atoms with van der Waals surface area (Å²) in [6.07, 6.45) is 3.47. The minimum atomic E-state index is -0.464. The highest BCUT2D eigenvalue weighted by atomic mass is 35.5. The summed E-state index contributed by atoms with van der Waals surface area (Å²) in [6.45, 7) is 0. The van der Waals surface area contributed by atoms with E-state index in [2.05, 4.69) is 10.4 Å². The number of nitrogens with one attached hydrogen (secondary N) is 1. The van der Waals surface area contributed by atoms with Gasteiger partial charge in [-0.3, -0.25) is 10.8 Å². The normalized spacial score (nSPS) is 12.5. The van der Waals surface area contributed by atoms with E-state index in [0.717, 1.165) is 16.3 Å². The molecule has 0 aliphatic carbocycles. The molecular weight excluding hydrogens is 289 g/mol. The summed E-state index contributed by atoms with van der Waals surface area (Å²) >= 11 is 5.81. The number of pyridine rings is 1. The van der Waals surface area contributed by atoms with Crippen LogP contribution in [0.1, 0.15) is 17.2 Å². The number of nitrogens with zero attached hydrogens (tertiary/aromatic N) is 1. The maximum Gasteiger partial charge on any atom is 0.129 e. The monoisotopic (exact) mass is 301 g/mol. The van der Waals surface area contributed by atoms with Crippen LogP contribution < -0.4 is 11.3 Å². The third-order valence-electron chi connectivity index (χ3n) is 3.47. The van der Waals surface area contributed by atoms with Gasteiger partial charge >= 0.3 is 0 Å². The predicted molar refractivity (Wildman–Crippen MR) is 82.3 cm³/mol. The summed E-state index contributed by atoms with van der Waals surface area (Å²) in [5, 5.41) is 2.31. The molecule has 0 aliphatic rings. The van der Waals surface area contributed by atoms with Gasteiger partial charge in [-0.25, -0.2) is 9.82 Å². The zero-order chi connectivity index (χ0) is 14.8. The lowest BCUT2D eigenvalue weighted by molar-refractivity contribution is 0.562. The molecule has 3 N–H and O–H groups in total. The van der Waals surface area contributed by atoms with Crippen LogP contribution in [0.3, 0.4) is 0 Å². The van der Waals surface area contributed by atoms with Gasteiger partial charge in [0.05, 0.1) is 6.04 Å². The fourth-order valence-electron chi connectivity index (χ4n) is 2.48. The van der Waals surface area contributed by atoms with Crippen LogP contribution >= 0.6 is 11.6 Å². The molecule has 3 rings (SSSR count). The second kappa shape index (κ2) is 5.77. The van der Waals surface area contributed by atoms with E-state index in [1.54, 1.807) is 24.5 Å². The topological polar surface area (TPSA) is 50.9 Å². The third kappa shape index (κ3) is 2.61. The van der Waals surface area contributed by atoms with Crippen molar-refractivity contribution < 1.29 is 4.39 Å². The van der Waals surface area contributed by atoms with E-state index >= 15 is 0 Å². The molecule has 106 valence electrons. The third-order valence-corrected chi connectivity index (χ3v) is 3.70. The molecule has 0 aliphatic heterocycles. The van der Waals surface area contributed by atoms with Gasteiger partial charge in [-0.1, -0.05) is 35.9 Å². The first kappa shape index (κ1) is 13.9. The van der Waals surface area contributed by atoms with Gasteiger partial charge in [0.2, 0.25) is 0 Å². The van der Waals surface area contributed by atoms with Crippen LogP contribution in [-0.2, 0) is 0 Å². The first-order valence-corrected chi connectivity index (χ1v) is 6.82. The fourth-order valence-corrected chi connectivity index (χ4v) is 2.64. The standard InChI is InChI=1S/C16H13ClFN3/c17-11-4-5-14(15(18)8-11)16(21-19)13-3-1-2-10-9-20-7-6-12(10)13/h1-9,16,21H,19H2. The number of nitrogens with two attached hydrogens (primary N) is 1. The Hall–Kier alpha value is -2.01. The van der Waals surface area contributed by atoms with Crippen LogP contribution in [0.2, 0.25) is 5.02 Å². The number of aromatic nitrogens is 1. The minimum Gasteiger partial charge on any atom is -0.271 e. The van der Waals surface area contributed by atoms with E-state index in [0.29, 0.717) is 10.6 Å². The van der Waals surface area contributed by atoms with E-state index in [1.165, 1.54) is 6.07 Å². The molecule has 5 heteroatoms. The highest BCUT2D eigenvalue weighted by Crippen LogP contribution is 2.30. The molecule has 1 unspecified atom stereocenters. The van der Waals surface area contributed by atoms with Crippen molar-refractivity contribution in [3.8, 4) is 0 Å². The Bertz CT molecular complexity index is 786. The Kier molecular flexibility index (Phi) is 3.84. The zero-order valence-corrected chi connectivity index (χ0v) is 11.8. The summed E-state index contributed by atoms with van der Waals surface area (Å²) in [4.78, 5) is 4.10. The summed E-state index contributed by atoms with van der Waals surface area (Å²) in [5.74, 6) is 5.28. The van der Waals surface area contributed by atoms with Crippen LogP contribution in [0.5, 0.6) is 0 Å². The molecule has 0 saturated heterocycles. The van der Waals surface area contributed by atoms with Crippen molar-refractivity contribution in [1.29, 1.82) is 0 Å². The van der Waals surface area contributed by atoms with Crippen molar-refractivity contribution in [2.24, 2.45) is 5.84 Å². The number of halogens is 2. The lowest BCUT2D eigenvalue weighted by Crippen LogP contribution is -2.29. The van der Waals surface area contributed by atoms with Crippen LogP contribution in [-0.4, -0.2) is 4.98 Å². The lowest BCUT2D eigenvalue weighted by Gasteiger charge is -2.19. The number of hydrogen-bond acceptors (Lipinski definition) is 3. The quantitative estimate of drug-likeness (QED) is 0.574. The van der Waals surface area contributed by atoms with Crippen molar-refractivity contribution in [3.63, 3.8) is 0 Å². The van der Waals surface area contributed by atoms with Gasteiger partial charge < -0.3 is 0 Å². The van der Waals surface area contributed by atoms with Gasteiger partial charge in [0.25, 0.3) is 0 Å². The molecule has 0 amide bonds. The largest absolute Gasteiger partial charge is 0.271 e. The van der Waals surface area contributed by atoms with E-state index < -0.39 is 11.9 Å². The average molecular weight is 302 g/mol. The molecule has 0 spiro atoms. The average Bonchev–Trinajstić information content (AvgIpc) is 2.50. The van der Waals surface area contributed by atoms with Crippen molar-refractivity contribution in [1.82, 2.24) is 10.4 Å². The van der Waals surface area contributed by atoms with Gasteiger partial charge in [0, 0.05) is 28.4 Å². The summed E-state index contributed by atoms with van der Waals surface area (Å²) in [6, 6.07) is 11.8. The number of fused-ring (bicyclic) bond motifs is 1. The molecule has 0 bridgehead atoms. The van der Waals surface area contributed by atoms with Crippen LogP contribution in [0, 0.1) is 5.82 Å². The Morgan fingerprint density at radius 1 is 1.14 bits per heavy atom. The number of benzene rings is 2. The summed E-state index contributed by atoms with van der Waals surface area (Å²) < 4.78 is 14.2. The first-order valence-electron chi connectivity index (χ1n) is 6.44. The van der Waals surface area contributed by atoms with E-state index in [4.69, 9.17) is 17.4 Å². The molecule has 1 aromatic heterocycles. The molecule has 3 aromatic rings. The number of rotatable bonds is 3. The van der Waals surface area contributed by atoms with E-state index in [1.807, 2.05) is 24.3 Å². The molecule has 0 radical (unpaired) electrons. The van der Waals surface area contributed by atoms with Gasteiger partial charge in [-0.2, -0.15) is 0 Å². The molecule has 21 heavy (non-hydrogen) atoms. The number of hydrogen-bond donors (Lipinski definition) is 2. The highest BCUT2D eigenvalue weighted by Gasteiger charge is 2.18. The zero-order valence-electron chi connectivity index (χ0n) is 11.1. The predicted octanol–water partition coefficient (Wildman–Crippen LogP) is 3.58. The first-order chi connectivity index (χ1) is 10.2. The smallest absolute Gasteiger partial charge is 0.129 e. The van der Waals surface area contributed by atoms with Crippen molar-refractivity contribution in [3.05, 3.63) is 76.8 Å². The molecule has 2 aromatic carbocycles. The van der Waals surface area contributed by atoms with Gasteiger partial charge in [0.1, 0.15) is 5.82 Å². The van der Waals surface area contributed by atoms with Gasteiger partial charge in [-0.15, -0.1) is 0 Å².